The molecule has 1 aliphatic carbocycles. The maximum atomic E-state index is 13.3. The highest BCUT2D eigenvalue weighted by Crippen LogP contribution is 2.47. The van der Waals surface area contributed by atoms with Crippen LogP contribution in [0.3, 0.4) is 0 Å². The molecule has 0 saturated carbocycles. The van der Waals surface area contributed by atoms with E-state index in [-0.39, 0.29) is 6.42 Å². The lowest BCUT2D eigenvalue weighted by atomic mass is 9.64. The number of carbonyl (C=O) groups is 2. The van der Waals surface area contributed by atoms with Gasteiger partial charge >= 0.3 is 5.97 Å². The third-order valence-electron chi connectivity index (χ3n) is 5.20. The van der Waals surface area contributed by atoms with Crippen molar-refractivity contribution in [1.29, 1.82) is 0 Å². The molecule has 0 heterocycles. The summed E-state index contributed by atoms with van der Waals surface area (Å²) < 4.78 is 26.3. The molecule has 2 atom stereocenters. The normalized spacial score (nSPS) is 21.6. The molecule has 0 bridgehead atoms. The molecule has 2 N–H and O–H groups in total. The smallest absolute Gasteiger partial charge is 0.320 e. The quantitative estimate of drug-likeness (QED) is 0.346. The summed E-state index contributed by atoms with van der Waals surface area (Å²) >= 11 is 0. The first-order valence-corrected chi connectivity index (χ1v) is 9.06. The average Bonchev–Trinajstić information content (AvgIpc) is 2.70. The van der Waals surface area contributed by atoms with Gasteiger partial charge in [0.25, 0.3) is 5.91 Å². The SMILES string of the molecule is CC1=CCC(C(=O)O)(C(=O)NN=Cc2ccc(F)cc2)C(c2ccc(F)cc2)C1. The Hall–Kier alpha value is -3.35. The van der Waals surface area contributed by atoms with E-state index in [1.807, 2.05) is 6.92 Å². The molecule has 0 radical (unpaired) electrons. The van der Waals surface area contributed by atoms with Gasteiger partial charge in [-0.1, -0.05) is 35.9 Å². The molecule has 0 saturated heterocycles. The molecular weight excluding hydrogens is 378 g/mol. The van der Waals surface area contributed by atoms with Crippen LogP contribution in [0.15, 0.2) is 65.3 Å². The number of nitrogens with one attached hydrogen (secondary N) is 1. The van der Waals surface area contributed by atoms with E-state index < -0.39 is 34.8 Å². The zero-order valence-corrected chi connectivity index (χ0v) is 15.7. The first kappa shape index (κ1) is 20.4. The molecule has 5 nitrogen and oxygen atoms in total. The molecule has 150 valence electrons. The van der Waals surface area contributed by atoms with Crippen molar-refractivity contribution < 1.29 is 23.5 Å². The molecular formula is C22H20F2N2O3. The van der Waals surface area contributed by atoms with E-state index in [1.54, 1.807) is 6.08 Å². The predicted octanol–water partition coefficient (Wildman–Crippen LogP) is 4.01. The van der Waals surface area contributed by atoms with E-state index in [4.69, 9.17) is 0 Å². The predicted molar refractivity (Wildman–Crippen MR) is 104 cm³/mol. The van der Waals surface area contributed by atoms with E-state index >= 15 is 0 Å². The minimum absolute atomic E-state index is 0.00584. The number of allylic oxidation sites excluding steroid dienone is 2. The minimum Gasteiger partial charge on any atom is -0.480 e. The Morgan fingerprint density at radius 3 is 2.28 bits per heavy atom. The van der Waals surface area contributed by atoms with Gasteiger partial charge in [0.05, 0.1) is 6.21 Å². The summed E-state index contributed by atoms with van der Waals surface area (Å²) in [6, 6.07) is 11.0. The molecule has 1 amide bonds. The number of rotatable bonds is 5. The molecule has 1 aliphatic rings. The lowest BCUT2D eigenvalue weighted by Crippen LogP contribution is -2.50. The number of hydrogen-bond acceptors (Lipinski definition) is 3. The fourth-order valence-electron chi connectivity index (χ4n) is 3.55. The summed E-state index contributed by atoms with van der Waals surface area (Å²) in [6.07, 6.45) is 3.39. The van der Waals surface area contributed by atoms with E-state index in [2.05, 4.69) is 10.5 Å². The van der Waals surface area contributed by atoms with Crippen LogP contribution in [-0.4, -0.2) is 23.2 Å². The van der Waals surface area contributed by atoms with Gasteiger partial charge in [-0.2, -0.15) is 5.10 Å². The molecule has 0 fully saturated rings. The van der Waals surface area contributed by atoms with Crippen molar-refractivity contribution in [3.8, 4) is 0 Å². The molecule has 3 rings (SSSR count). The highest BCUT2D eigenvalue weighted by molar-refractivity contribution is 6.03. The number of hydrazone groups is 1. The van der Waals surface area contributed by atoms with Crippen molar-refractivity contribution >= 4 is 18.1 Å². The van der Waals surface area contributed by atoms with Crippen molar-refractivity contribution in [2.24, 2.45) is 10.5 Å². The van der Waals surface area contributed by atoms with Crippen molar-refractivity contribution in [3.05, 3.63) is 82.9 Å². The first-order chi connectivity index (χ1) is 13.8. The van der Waals surface area contributed by atoms with Gasteiger partial charge < -0.3 is 5.11 Å². The van der Waals surface area contributed by atoms with Crippen LogP contribution in [0.4, 0.5) is 8.78 Å². The van der Waals surface area contributed by atoms with Crippen LogP contribution in [0, 0.1) is 17.0 Å². The number of carboxylic acid groups (broad SMARTS) is 1. The largest absolute Gasteiger partial charge is 0.480 e. The Bertz CT molecular complexity index is 969. The highest BCUT2D eigenvalue weighted by Gasteiger charge is 2.53. The third-order valence-corrected chi connectivity index (χ3v) is 5.20. The van der Waals surface area contributed by atoms with Gasteiger partial charge in [-0.05, 0) is 55.2 Å². The lowest BCUT2D eigenvalue weighted by Gasteiger charge is -2.38. The number of aliphatic carboxylic acids is 1. The third kappa shape index (κ3) is 4.23. The standard InChI is InChI=1S/C22H20F2N2O3/c1-14-10-11-22(21(28)29,19(12-14)16-4-8-18(24)9-5-16)20(27)26-25-13-15-2-6-17(23)7-3-15/h2-10,13,19H,11-12H2,1H3,(H,26,27)(H,28,29). The molecule has 29 heavy (non-hydrogen) atoms. The van der Waals surface area contributed by atoms with Crippen molar-refractivity contribution in [1.82, 2.24) is 5.43 Å². The maximum Gasteiger partial charge on any atom is 0.320 e. The zero-order valence-electron chi connectivity index (χ0n) is 15.7. The summed E-state index contributed by atoms with van der Waals surface area (Å²) in [6.45, 7) is 1.87. The highest BCUT2D eigenvalue weighted by atomic mass is 19.1. The van der Waals surface area contributed by atoms with Crippen molar-refractivity contribution in [2.75, 3.05) is 0 Å². The van der Waals surface area contributed by atoms with E-state index in [0.717, 1.165) is 5.57 Å². The fraction of sp³-hybridized carbons (Fsp3) is 0.227. The number of benzene rings is 2. The van der Waals surface area contributed by atoms with Crippen LogP contribution < -0.4 is 5.43 Å². The van der Waals surface area contributed by atoms with E-state index in [1.165, 1.54) is 54.7 Å². The average molecular weight is 398 g/mol. The molecule has 2 unspecified atom stereocenters. The Balaban J connectivity index is 1.91. The summed E-state index contributed by atoms with van der Waals surface area (Å²) in [5.41, 5.74) is 2.61. The van der Waals surface area contributed by atoms with Crippen LogP contribution in [0.5, 0.6) is 0 Å². The number of nitrogens with zero attached hydrogens (tertiary/aromatic N) is 1. The second-order valence-corrected chi connectivity index (χ2v) is 7.09. The molecule has 0 aromatic heterocycles. The van der Waals surface area contributed by atoms with Crippen LogP contribution in [0.2, 0.25) is 0 Å². The van der Waals surface area contributed by atoms with E-state index in [9.17, 15) is 23.5 Å². The summed E-state index contributed by atoms with van der Waals surface area (Å²) in [5, 5.41) is 13.9. The number of amides is 1. The Kier molecular flexibility index (Phi) is 5.87. The molecule has 7 heteroatoms. The van der Waals surface area contributed by atoms with Crippen LogP contribution >= 0.6 is 0 Å². The second kappa shape index (κ2) is 8.34. The molecule has 0 spiro atoms. The number of carboxylic acids is 1. The van der Waals surface area contributed by atoms with Gasteiger partial charge in [-0.15, -0.1) is 0 Å². The van der Waals surface area contributed by atoms with Crippen molar-refractivity contribution in [3.63, 3.8) is 0 Å². The number of halogens is 2. The first-order valence-electron chi connectivity index (χ1n) is 9.06. The van der Waals surface area contributed by atoms with Crippen LogP contribution in [0.1, 0.15) is 36.8 Å². The Labute approximate surface area is 166 Å². The van der Waals surface area contributed by atoms with E-state index in [0.29, 0.717) is 17.5 Å². The Morgan fingerprint density at radius 2 is 1.69 bits per heavy atom. The number of carbonyl (C=O) groups excluding carboxylic acids is 1. The van der Waals surface area contributed by atoms with Gasteiger partial charge in [0.2, 0.25) is 0 Å². The van der Waals surface area contributed by atoms with Gasteiger partial charge in [0.1, 0.15) is 11.6 Å². The molecule has 0 aliphatic heterocycles. The van der Waals surface area contributed by atoms with Gasteiger partial charge in [0, 0.05) is 5.92 Å². The van der Waals surface area contributed by atoms with Crippen LogP contribution in [0.25, 0.3) is 0 Å². The van der Waals surface area contributed by atoms with Gasteiger partial charge in [-0.3, -0.25) is 9.59 Å². The van der Waals surface area contributed by atoms with Gasteiger partial charge in [0.15, 0.2) is 5.41 Å². The van der Waals surface area contributed by atoms with Gasteiger partial charge in [-0.25, -0.2) is 14.2 Å². The van der Waals surface area contributed by atoms with Crippen molar-refractivity contribution in [2.45, 2.75) is 25.7 Å². The topological polar surface area (TPSA) is 78.8 Å². The lowest BCUT2D eigenvalue weighted by molar-refractivity contribution is -0.158. The molecule has 2 aromatic rings. The minimum atomic E-state index is -1.78. The Morgan fingerprint density at radius 1 is 1.10 bits per heavy atom. The maximum absolute atomic E-state index is 13.3. The summed E-state index contributed by atoms with van der Waals surface area (Å²) in [7, 11) is 0. The number of hydrogen-bond donors (Lipinski definition) is 2. The monoisotopic (exact) mass is 398 g/mol. The fourth-order valence-corrected chi connectivity index (χ4v) is 3.55. The molecule has 2 aromatic carbocycles. The summed E-state index contributed by atoms with van der Waals surface area (Å²) in [5.74, 6) is -3.55. The zero-order chi connectivity index (χ0) is 21.0. The van der Waals surface area contributed by atoms with Crippen LogP contribution in [-0.2, 0) is 9.59 Å². The summed E-state index contributed by atoms with van der Waals surface area (Å²) in [4.78, 5) is 25.3. The second-order valence-electron chi connectivity index (χ2n) is 7.09.